The Balaban J connectivity index is 1.76. The molecule has 0 atom stereocenters. The van der Waals surface area contributed by atoms with Crippen molar-refractivity contribution in [3.05, 3.63) is 74.2 Å². The van der Waals surface area contributed by atoms with Crippen molar-refractivity contribution < 1.29 is 9.53 Å². The van der Waals surface area contributed by atoms with Gasteiger partial charge in [-0.3, -0.25) is 14.0 Å². The van der Waals surface area contributed by atoms with Gasteiger partial charge in [-0.05, 0) is 31.0 Å². The van der Waals surface area contributed by atoms with Gasteiger partial charge in [-0.15, -0.1) is 0 Å². The third-order valence-electron chi connectivity index (χ3n) is 4.01. The van der Waals surface area contributed by atoms with Crippen LogP contribution in [0.1, 0.15) is 41.5 Å². The predicted molar refractivity (Wildman–Crippen MR) is 98.7 cm³/mol. The molecule has 3 aromatic heterocycles. The Labute approximate surface area is 155 Å². The van der Waals surface area contributed by atoms with E-state index in [9.17, 15) is 14.4 Å². The summed E-state index contributed by atoms with van der Waals surface area (Å²) in [4.78, 5) is 40.5. The molecule has 0 amide bonds. The molecule has 3 aromatic rings. The van der Waals surface area contributed by atoms with Crippen molar-refractivity contribution in [2.75, 3.05) is 0 Å². The molecule has 0 bridgehead atoms. The highest BCUT2D eigenvalue weighted by atomic mass is 16.5. The molecule has 0 N–H and O–H groups in total. The van der Waals surface area contributed by atoms with E-state index in [-0.39, 0.29) is 23.4 Å². The zero-order valence-corrected chi connectivity index (χ0v) is 15.2. The largest absolute Gasteiger partial charge is 0.454 e. The number of hydrogen-bond donors (Lipinski definition) is 0. The molecule has 0 saturated heterocycles. The van der Waals surface area contributed by atoms with Crippen LogP contribution in [-0.2, 0) is 17.9 Å². The second-order valence-corrected chi connectivity index (χ2v) is 6.23. The van der Waals surface area contributed by atoms with Crippen LogP contribution in [0.5, 0.6) is 0 Å². The maximum absolute atomic E-state index is 12.2. The number of unbranched alkanes of at least 4 members (excludes halogenated alkanes) is 1. The molecule has 3 heterocycles. The molecule has 0 aliphatic heterocycles. The molecule has 8 heteroatoms. The van der Waals surface area contributed by atoms with Crippen LogP contribution in [0.15, 0.2) is 46.1 Å². The van der Waals surface area contributed by atoms with Crippen LogP contribution >= 0.6 is 0 Å². The van der Waals surface area contributed by atoms with E-state index in [4.69, 9.17) is 4.74 Å². The molecule has 0 aliphatic carbocycles. The third kappa shape index (κ3) is 4.28. The summed E-state index contributed by atoms with van der Waals surface area (Å²) < 4.78 is 7.90. The number of ether oxygens (including phenoxy) is 1. The predicted octanol–water partition coefficient (Wildman–Crippen LogP) is 1.72. The van der Waals surface area contributed by atoms with Crippen molar-refractivity contribution in [1.29, 1.82) is 0 Å². The fourth-order valence-electron chi connectivity index (χ4n) is 2.57. The SMILES string of the molecule is CCCCn1nc(C(=O)OCc2cc(=O)n3cc(C)ccc3n2)ccc1=O. The van der Waals surface area contributed by atoms with E-state index >= 15 is 0 Å². The zero-order valence-electron chi connectivity index (χ0n) is 15.2. The standard InChI is InChI=1S/C19H20N4O4/c1-3-4-9-23-17(24)8-6-15(21-23)19(26)27-12-14-10-18(25)22-11-13(2)5-7-16(22)20-14/h5-8,10-11H,3-4,9,12H2,1-2H3. The molecule has 0 spiro atoms. The van der Waals surface area contributed by atoms with Gasteiger partial charge in [0, 0.05) is 24.9 Å². The number of hydrogen-bond acceptors (Lipinski definition) is 6. The summed E-state index contributed by atoms with van der Waals surface area (Å²) in [5, 5.41) is 4.04. The van der Waals surface area contributed by atoms with Crippen LogP contribution in [0, 0.1) is 6.92 Å². The monoisotopic (exact) mass is 368 g/mol. The lowest BCUT2D eigenvalue weighted by Crippen LogP contribution is -2.25. The Morgan fingerprint density at radius 1 is 1.15 bits per heavy atom. The molecule has 0 aliphatic rings. The van der Waals surface area contributed by atoms with Crippen LogP contribution < -0.4 is 11.1 Å². The third-order valence-corrected chi connectivity index (χ3v) is 4.01. The van der Waals surface area contributed by atoms with Gasteiger partial charge in [-0.25, -0.2) is 14.5 Å². The Kier molecular flexibility index (Phi) is 5.44. The normalized spacial score (nSPS) is 10.9. The number of fused-ring (bicyclic) bond motifs is 1. The van der Waals surface area contributed by atoms with Crippen molar-refractivity contribution in [1.82, 2.24) is 19.2 Å². The average molecular weight is 368 g/mol. The first-order valence-electron chi connectivity index (χ1n) is 8.72. The molecular weight excluding hydrogens is 348 g/mol. The molecule has 3 rings (SSSR count). The maximum Gasteiger partial charge on any atom is 0.359 e. The second-order valence-electron chi connectivity index (χ2n) is 6.23. The summed E-state index contributed by atoms with van der Waals surface area (Å²) in [6.07, 6.45) is 3.39. The van der Waals surface area contributed by atoms with Crippen LogP contribution in [0.4, 0.5) is 0 Å². The molecule has 27 heavy (non-hydrogen) atoms. The number of nitrogens with zero attached hydrogens (tertiary/aromatic N) is 4. The van der Waals surface area contributed by atoms with Gasteiger partial charge in [-0.1, -0.05) is 19.4 Å². The van der Waals surface area contributed by atoms with Crippen molar-refractivity contribution in [2.45, 2.75) is 39.8 Å². The van der Waals surface area contributed by atoms with E-state index in [1.807, 2.05) is 19.9 Å². The van der Waals surface area contributed by atoms with Crippen molar-refractivity contribution in [3.63, 3.8) is 0 Å². The summed E-state index contributed by atoms with van der Waals surface area (Å²) >= 11 is 0. The number of carbonyl (C=O) groups is 1. The maximum atomic E-state index is 12.2. The minimum atomic E-state index is -0.675. The van der Waals surface area contributed by atoms with Crippen molar-refractivity contribution >= 4 is 11.6 Å². The van der Waals surface area contributed by atoms with Crippen LogP contribution in [0.3, 0.4) is 0 Å². The summed E-state index contributed by atoms with van der Waals surface area (Å²) in [7, 11) is 0. The number of pyridine rings is 1. The number of aryl methyl sites for hydroxylation is 2. The summed E-state index contributed by atoms with van der Waals surface area (Å²) in [6.45, 7) is 4.17. The number of aromatic nitrogens is 4. The molecule has 0 aromatic carbocycles. The molecule has 0 unspecified atom stereocenters. The summed E-state index contributed by atoms with van der Waals surface area (Å²) in [5.74, 6) is -0.675. The van der Waals surface area contributed by atoms with E-state index in [0.29, 0.717) is 17.9 Å². The fourth-order valence-corrected chi connectivity index (χ4v) is 2.57. The van der Waals surface area contributed by atoms with Crippen LogP contribution in [0.25, 0.3) is 5.65 Å². The summed E-state index contributed by atoms with van der Waals surface area (Å²) in [5.41, 5.74) is 1.29. The van der Waals surface area contributed by atoms with Crippen molar-refractivity contribution in [2.24, 2.45) is 0 Å². The van der Waals surface area contributed by atoms with Gasteiger partial charge in [0.25, 0.3) is 11.1 Å². The Morgan fingerprint density at radius 2 is 1.96 bits per heavy atom. The average Bonchev–Trinajstić information content (AvgIpc) is 2.66. The second kappa shape index (κ2) is 7.94. The van der Waals surface area contributed by atoms with Gasteiger partial charge in [0.15, 0.2) is 5.69 Å². The number of rotatable bonds is 6. The fraction of sp³-hybridized carbons (Fsp3) is 0.316. The molecule has 0 saturated carbocycles. The first kappa shape index (κ1) is 18.5. The van der Waals surface area contributed by atoms with E-state index < -0.39 is 5.97 Å². The molecular formula is C19H20N4O4. The minimum Gasteiger partial charge on any atom is -0.454 e. The van der Waals surface area contributed by atoms with E-state index in [1.54, 1.807) is 12.3 Å². The van der Waals surface area contributed by atoms with Crippen molar-refractivity contribution in [3.8, 4) is 0 Å². The van der Waals surface area contributed by atoms with Gasteiger partial charge in [0.2, 0.25) is 0 Å². The lowest BCUT2D eigenvalue weighted by molar-refractivity contribution is 0.0457. The van der Waals surface area contributed by atoms with Gasteiger partial charge in [-0.2, -0.15) is 5.10 Å². The first-order chi connectivity index (χ1) is 13.0. The highest BCUT2D eigenvalue weighted by Gasteiger charge is 2.12. The lowest BCUT2D eigenvalue weighted by Gasteiger charge is -2.08. The van der Waals surface area contributed by atoms with Crippen LogP contribution in [-0.4, -0.2) is 25.1 Å². The first-order valence-corrected chi connectivity index (χ1v) is 8.72. The topological polar surface area (TPSA) is 95.6 Å². The summed E-state index contributed by atoms with van der Waals surface area (Å²) in [6, 6.07) is 7.53. The van der Waals surface area contributed by atoms with E-state index in [0.717, 1.165) is 18.4 Å². The Bertz CT molecular complexity index is 1100. The zero-order chi connectivity index (χ0) is 19.4. The number of carbonyl (C=O) groups excluding carboxylic acids is 1. The number of esters is 1. The minimum absolute atomic E-state index is 0.0406. The van der Waals surface area contributed by atoms with Gasteiger partial charge in [0.1, 0.15) is 12.3 Å². The molecule has 8 nitrogen and oxygen atoms in total. The Morgan fingerprint density at radius 3 is 2.74 bits per heavy atom. The smallest absolute Gasteiger partial charge is 0.359 e. The quantitative estimate of drug-likeness (QED) is 0.615. The lowest BCUT2D eigenvalue weighted by atomic mass is 10.3. The van der Waals surface area contributed by atoms with Gasteiger partial charge >= 0.3 is 5.97 Å². The highest BCUT2D eigenvalue weighted by molar-refractivity contribution is 5.86. The van der Waals surface area contributed by atoms with E-state index in [2.05, 4.69) is 10.1 Å². The molecule has 140 valence electrons. The highest BCUT2D eigenvalue weighted by Crippen LogP contribution is 2.05. The molecule has 0 radical (unpaired) electrons. The Hall–Kier alpha value is -3.29. The van der Waals surface area contributed by atoms with Gasteiger partial charge in [0.05, 0.1) is 5.69 Å². The van der Waals surface area contributed by atoms with Crippen LogP contribution in [0.2, 0.25) is 0 Å². The van der Waals surface area contributed by atoms with Gasteiger partial charge < -0.3 is 4.74 Å². The van der Waals surface area contributed by atoms with E-state index in [1.165, 1.54) is 27.3 Å². The molecule has 0 fully saturated rings.